The number of likely N-dealkylation sites (tertiary alicyclic amines) is 1. The number of sulfone groups is 1. The summed E-state index contributed by atoms with van der Waals surface area (Å²) in [6.45, 7) is 4.97. The number of piperidine rings is 1. The third-order valence-corrected chi connectivity index (χ3v) is 10.2. The Labute approximate surface area is 228 Å². The summed E-state index contributed by atoms with van der Waals surface area (Å²) in [6, 6.07) is 18.8. The molecule has 1 spiro atoms. The second-order valence-electron chi connectivity index (χ2n) is 10.1. The lowest BCUT2D eigenvalue weighted by molar-refractivity contribution is -0.0994. The second kappa shape index (κ2) is 10.6. The lowest BCUT2D eigenvalue weighted by Crippen LogP contribution is -2.46. The van der Waals surface area contributed by atoms with Gasteiger partial charge in [0, 0.05) is 36.8 Å². The number of rotatable bonds is 6. The van der Waals surface area contributed by atoms with Crippen LogP contribution >= 0.6 is 11.3 Å². The van der Waals surface area contributed by atoms with Crippen LogP contribution in [0.15, 0.2) is 59.5 Å². The standard InChI is InChI=1S/C29H31N3O4S2/c1-20(23-7-3-21(18-30)4-8-23)32-14-12-29(13-15-32)27-24(11-16-36-29)17-26(37-27)28(33)31-19-22-5-9-25(10-6-22)38(2,34)35/h3-10,17,20H,11-16,19H2,1-2H3,(H,31,33)/t20-/m1/s1. The van der Waals surface area contributed by atoms with Crippen molar-refractivity contribution in [3.05, 3.63) is 86.6 Å². The van der Waals surface area contributed by atoms with E-state index in [0.717, 1.165) is 37.9 Å². The van der Waals surface area contributed by atoms with Crippen LogP contribution in [0.5, 0.6) is 0 Å². The number of fused-ring (bicyclic) bond motifs is 2. The first-order valence-corrected chi connectivity index (χ1v) is 15.5. The van der Waals surface area contributed by atoms with Crippen LogP contribution in [-0.4, -0.2) is 45.2 Å². The van der Waals surface area contributed by atoms with Crippen LogP contribution < -0.4 is 5.32 Å². The Bertz CT molecular complexity index is 1460. The Morgan fingerprint density at radius 1 is 1.16 bits per heavy atom. The molecule has 9 heteroatoms. The van der Waals surface area contributed by atoms with Gasteiger partial charge in [0.15, 0.2) is 9.84 Å². The lowest BCUT2D eigenvalue weighted by Gasteiger charge is -2.45. The Balaban J connectivity index is 1.24. The second-order valence-corrected chi connectivity index (χ2v) is 13.2. The van der Waals surface area contributed by atoms with Crippen molar-refractivity contribution >= 4 is 27.1 Å². The molecule has 0 radical (unpaired) electrons. The normalized spacial score (nSPS) is 17.9. The fourth-order valence-corrected chi connectivity index (χ4v) is 7.31. The number of hydrogen-bond acceptors (Lipinski definition) is 7. The summed E-state index contributed by atoms with van der Waals surface area (Å²) >= 11 is 1.53. The molecule has 0 unspecified atom stereocenters. The Kier molecular flexibility index (Phi) is 7.43. The third kappa shape index (κ3) is 5.40. The van der Waals surface area contributed by atoms with E-state index in [-0.39, 0.29) is 22.4 Å². The summed E-state index contributed by atoms with van der Waals surface area (Å²) in [4.78, 5) is 17.6. The van der Waals surface area contributed by atoms with Crippen molar-refractivity contribution < 1.29 is 17.9 Å². The molecule has 0 bridgehead atoms. The Morgan fingerprint density at radius 2 is 1.84 bits per heavy atom. The van der Waals surface area contributed by atoms with Crippen LogP contribution in [0.2, 0.25) is 0 Å². The van der Waals surface area contributed by atoms with Gasteiger partial charge in [-0.05, 0) is 73.2 Å². The predicted octanol–water partition coefficient (Wildman–Crippen LogP) is 4.58. The highest BCUT2D eigenvalue weighted by atomic mass is 32.2. The molecule has 1 amide bonds. The van der Waals surface area contributed by atoms with Gasteiger partial charge < -0.3 is 10.1 Å². The van der Waals surface area contributed by atoms with Gasteiger partial charge in [-0.1, -0.05) is 24.3 Å². The number of carbonyl (C=O) groups is 1. The average Bonchev–Trinajstić information content (AvgIpc) is 3.38. The number of ether oxygens (including phenoxy) is 1. The summed E-state index contributed by atoms with van der Waals surface area (Å²) in [7, 11) is -3.25. The van der Waals surface area contributed by atoms with Gasteiger partial charge in [0.25, 0.3) is 5.91 Å². The van der Waals surface area contributed by atoms with Crippen molar-refractivity contribution in [2.24, 2.45) is 0 Å². The molecule has 2 aliphatic heterocycles. The molecule has 1 aromatic heterocycles. The van der Waals surface area contributed by atoms with Crippen LogP contribution in [-0.2, 0) is 33.1 Å². The van der Waals surface area contributed by atoms with Gasteiger partial charge in [-0.15, -0.1) is 11.3 Å². The molecule has 3 aromatic rings. The number of nitriles is 1. The van der Waals surface area contributed by atoms with Gasteiger partial charge in [-0.2, -0.15) is 5.26 Å². The molecule has 198 valence electrons. The first-order chi connectivity index (χ1) is 18.2. The van der Waals surface area contributed by atoms with Crippen molar-refractivity contribution in [1.82, 2.24) is 10.2 Å². The van der Waals surface area contributed by atoms with Gasteiger partial charge in [-0.25, -0.2) is 8.42 Å². The van der Waals surface area contributed by atoms with Crippen LogP contribution in [0.25, 0.3) is 0 Å². The zero-order valence-corrected chi connectivity index (χ0v) is 23.2. The lowest BCUT2D eigenvalue weighted by atomic mass is 9.84. The number of nitrogens with zero attached hydrogens (tertiary/aromatic N) is 2. The minimum atomic E-state index is -3.25. The Hall–Kier alpha value is -3.03. The molecule has 3 heterocycles. The van der Waals surface area contributed by atoms with Crippen molar-refractivity contribution in [2.45, 2.75) is 49.3 Å². The summed E-state index contributed by atoms with van der Waals surface area (Å²) < 4.78 is 29.8. The summed E-state index contributed by atoms with van der Waals surface area (Å²) in [5.41, 5.74) is 3.57. The highest BCUT2D eigenvalue weighted by molar-refractivity contribution is 7.90. The number of hydrogen-bond donors (Lipinski definition) is 1. The largest absolute Gasteiger partial charge is 0.369 e. The molecule has 2 aliphatic rings. The van der Waals surface area contributed by atoms with Crippen molar-refractivity contribution in [3.63, 3.8) is 0 Å². The van der Waals surface area contributed by atoms with Crippen LogP contribution in [0, 0.1) is 11.3 Å². The van der Waals surface area contributed by atoms with E-state index >= 15 is 0 Å². The predicted molar refractivity (Wildman–Crippen MR) is 147 cm³/mol. The minimum Gasteiger partial charge on any atom is -0.369 e. The van der Waals surface area contributed by atoms with E-state index in [1.807, 2.05) is 30.3 Å². The molecule has 0 saturated carbocycles. The minimum absolute atomic E-state index is 0.126. The first-order valence-electron chi connectivity index (χ1n) is 12.8. The third-order valence-electron chi connectivity index (χ3n) is 7.68. The van der Waals surface area contributed by atoms with Gasteiger partial charge >= 0.3 is 0 Å². The van der Waals surface area contributed by atoms with E-state index in [0.29, 0.717) is 23.6 Å². The average molecular weight is 550 g/mol. The monoisotopic (exact) mass is 549 g/mol. The van der Waals surface area contributed by atoms with Crippen molar-refractivity contribution in [2.75, 3.05) is 26.0 Å². The zero-order valence-electron chi connectivity index (χ0n) is 21.6. The van der Waals surface area contributed by atoms with E-state index in [1.165, 1.54) is 33.6 Å². The van der Waals surface area contributed by atoms with E-state index < -0.39 is 9.84 Å². The summed E-state index contributed by atoms with van der Waals surface area (Å²) in [5, 5.41) is 12.0. The Morgan fingerprint density at radius 3 is 2.47 bits per heavy atom. The number of carbonyl (C=O) groups excluding carboxylic acids is 1. The first kappa shape index (κ1) is 26.6. The maximum absolute atomic E-state index is 13.0. The number of nitrogens with one attached hydrogen (secondary N) is 1. The van der Waals surface area contributed by atoms with Gasteiger partial charge in [0.2, 0.25) is 0 Å². The number of benzene rings is 2. The molecule has 2 aromatic carbocycles. The zero-order chi connectivity index (χ0) is 26.9. The summed E-state index contributed by atoms with van der Waals surface area (Å²) in [6.07, 6.45) is 3.72. The topological polar surface area (TPSA) is 99.5 Å². The number of thiophene rings is 1. The molecular weight excluding hydrogens is 518 g/mol. The van der Waals surface area contributed by atoms with Crippen LogP contribution in [0.4, 0.5) is 0 Å². The highest BCUT2D eigenvalue weighted by Gasteiger charge is 2.43. The fraction of sp³-hybridized carbons (Fsp3) is 0.379. The SMILES string of the molecule is C[C@H](c1ccc(C#N)cc1)N1CCC2(CC1)OCCc1cc(C(=O)NCc3ccc(S(C)(=O)=O)cc3)sc12. The van der Waals surface area contributed by atoms with Crippen molar-refractivity contribution in [3.8, 4) is 6.07 Å². The van der Waals surface area contributed by atoms with Crippen molar-refractivity contribution in [1.29, 1.82) is 5.26 Å². The highest BCUT2D eigenvalue weighted by Crippen LogP contribution is 2.46. The quantitative estimate of drug-likeness (QED) is 0.483. The maximum Gasteiger partial charge on any atom is 0.261 e. The van der Waals surface area contributed by atoms with Crippen LogP contribution in [0.3, 0.4) is 0 Å². The van der Waals surface area contributed by atoms with Gasteiger partial charge in [0.05, 0.1) is 28.0 Å². The van der Waals surface area contributed by atoms with Crippen LogP contribution in [0.1, 0.15) is 62.6 Å². The molecule has 0 aliphatic carbocycles. The molecule has 1 saturated heterocycles. The maximum atomic E-state index is 13.0. The molecule has 1 fully saturated rings. The van der Waals surface area contributed by atoms with E-state index in [4.69, 9.17) is 10.00 Å². The summed E-state index contributed by atoms with van der Waals surface area (Å²) in [5.74, 6) is -0.126. The molecule has 1 N–H and O–H groups in total. The molecule has 38 heavy (non-hydrogen) atoms. The molecule has 7 nitrogen and oxygen atoms in total. The van der Waals surface area contributed by atoms with E-state index in [9.17, 15) is 13.2 Å². The number of amides is 1. The van der Waals surface area contributed by atoms with E-state index in [1.54, 1.807) is 24.3 Å². The fourth-order valence-electron chi connectivity index (χ4n) is 5.35. The molecular formula is C29H31N3O4S2. The molecule has 5 rings (SSSR count). The van der Waals surface area contributed by atoms with Gasteiger partial charge in [0.1, 0.15) is 5.60 Å². The molecule has 1 atom stereocenters. The van der Waals surface area contributed by atoms with E-state index in [2.05, 4.69) is 23.2 Å². The smallest absolute Gasteiger partial charge is 0.261 e. The van der Waals surface area contributed by atoms with Gasteiger partial charge in [-0.3, -0.25) is 9.69 Å².